The Morgan fingerprint density at radius 1 is 1.08 bits per heavy atom. The summed E-state index contributed by atoms with van der Waals surface area (Å²) in [5, 5.41) is 0. The minimum absolute atomic E-state index is 0.760. The summed E-state index contributed by atoms with van der Waals surface area (Å²) in [5.41, 5.74) is 0. The molecule has 0 aliphatic carbocycles. The minimum Gasteiger partial charge on any atom is -0.304 e. The maximum Gasteiger partial charge on any atom is 0.0911 e. The molecule has 12 heavy (non-hydrogen) atoms. The molecule has 4 heteroatoms. The average molecular weight is 192 g/mol. The van der Waals surface area contributed by atoms with Crippen LogP contribution in [0.4, 0.5) is 0 Å². The maximum absolute atomic E-state index is 10.9. The lowest BCUT2D eigenvalue weighted by Gasteiger charge is -2.30. The predicted octanol–water partition coefficient (Wildman–Crippen LogP) is 0.554. The summed E-state index contributed by atoms with van der Waals surface area (Å²) in [7, 11) is 1.33. The van der Waals surface area contributed by atoms with Gasteiger partial charge >= 0.3 is 0 Å². The highest BCUT2D eigenvalue weighted by Crippen LogP contribution is 1.99. The van der Waals surface area contributed by atoms with Crippen LogP contribution < -0.4 is 0 Å². The molecule has 1 aliphatic rings. The van der Waals surface area contributed by atoms with Crippen molar-refractivity contribution in [2.45, 2.75) is 13.8 Å². The van der Waals surface area contributed by atoms with E-state index in [4.69, 9.17) is 0 Å². The Bertz CT molecular complexity index is 133. The highest BCUT2D eigenvalue weighted by Gasteiger charge is 2.15. The fraction of sp³-hybridized carbons (Fsp3) is 1.00. The van der Waals surface area contributed by atoms with Crippen molar-refractivity contribution in [3.05, 3.63) is 0 Å². The average Bonchev–Trinajstić information content (AvgIpc) is 2.09. The molecule has 0 aromatic rings. The van der Waals surface area contributed by atoms with Crippen LogP contribution in [0.3, 0.4) is 0 Å². The predicted molar refractivity (Wildman–Crippen MR) is 54.5 cm³/mol. The van der Waals surface area contributed by atoms with E-state index in [-0.39, 0.29) is 0 Å². The second kappa shape index (κ2) is 6.57. The standard InChI is InChI=1S/C6H14N2OS.C2H6/c1-7-3-5-8(6-4-7)10(2)9;1-2/h3-6H2,1-2H3;1-2H3. The van der Waals surface area contributed by atoms with Crippen LogP contribution in [-0.4, -0.2) is 52.9 Å². The molecule has 1 heterocycles. The third-order valence-electron chi connectivity index (χ3n) is 1.83. The first kappa shape index (κ1) is 12.1. The van der Waals surface area contributed by atoms with Crippen LogP contribution in [0.25, 0.3) is 0 Å². The van der Waals surface area contributed by atoms with Gasteiger partial charge in [-0.1, -0.05) is 13.8 Å². The Morgan fingerprint density at radius 2 is 1.50 bits per heavy atom. The zero-order valence-electron chi connectivity index (χ0n) is 8.54. The van der Waals surface area contributed by atoms with Crippen molar-refractivity contribution >= 4 is 11.0 Å². The van der Waals surface area contributed by atoms with Gasteiger partial charge in [-0.05, 0) is 7.05 Å². The highest BCUT2D eigenvalue weighted by atomic mass is 32.2. The Morgan fingerprint density at radius 3 is 1.83 bits per heavy atom. The van der Waals surface area contributed by atoms with Crippen molar-refractivity contribution in [3.8, 4) is 0 Å². The second-order valence-corrected chi connectivity index (χ2v) is 4.02. The summed E-state index contributed by atoms with van der Waals surface area (Å²) in [5.74, 6) is 0. The van der Waals surface area contributed by atoms with Crippen molar-refractivity contribution in [3.63, 3.8) is 0 Å². The van der Waals surface area contributed by atoms with Crippen molar-refractivity contribution < 1.29 is 4.21 Å². The Kier molecular flexibility index (Phi) is 6.61. The molecule has 74 valence electrons. The second-order valence-electron chi connectivity index (χ2n) is 2.66. The zero-order chi connectivity index (χ0) is 9.56. The molecular formula is C8H20N2OS. The molecule has 0 amide bonds. The van der Waals surface area contributed by atoms with Gasteiger partial charge in [-0.25, -0.2) is 8.51 Å². The lowest BCUT2D eigenvalue weighted by molar-refractivity contribution is 0.229. The molecule has 0 aromatic heterocycles. The van der Waals surface area contributed by atoms with E-state index in [0.717, 1.165) is 26.2 Å². The summed E-state index contributed by atoms with van der Waals surface area (Å²) in [6, 6.07) is 0. The van der Waals surface area contributed by atoms with E-state index in [1.54, 1.807) is 6.26 Å². The number of rotatable bonds is 1. The molecule has 3 nitrogen and oxygen atoms in total. The fourth-order valence-corrected chi connectivity index (χ4v) is 1.72. The van der Waals surface area contributed by atoms with Gasteiger partial charge in [0.05, 0.1) is 11.0 Å². The monoisotopic (exact) mass is 192 g/mol. The van der Waals surface area contributed by atoms with E-state index in [1.165, 1.54) is 0 Å². The Labute approximate surface area is 78.3 Å². The number of piperazine rings is 1. The molecule has 0 aromatic carbocycles. The third-order valence-corrected chi connectivity index (χ3v) is 2.92. The van der Waals surface area contributed by atoms with Crippen LogP contribution in [0, 0.1) is 0 Å². The number of hydrogen-bond donors (Lipinski definition) is 0. The largest absolute Gasteiger partial charge is 0.304 e. The summed E-state index contributed by atoms with van der Waals surface area (Å²) >= 11 is 0. The van der Waals surface area contributed by atoms with Gasteiger partial charge in [0.15, 0.2) is 0 Å². The molecule has 0 N–H and O–H groups in total. The van der Waals surface area contributed by atoms with Crippen molar-refractivity contribution in [1.29, 1.82) is 0 Å². The van der Waals surface area contributed by atoms with Gasteiger partial charge in [0, 0.05) is 32.4 Å². The van der Waals surface area contributed by atoms with Crippen LogP contribution in [0.1, 0.15) is 13.8 Å². The summed E-state index contributed by atoms with van der Waals surface area (Å²) in [4.78, 5) is 2.25. The first-order valence-corrected chi connectivity index (χ1v) is 5.98. The first-order valence-electron chi connectivity index (χ1n) is 4.47. The Balaban J connectivity index is 0.000000561. The molecule has 1 saturated heterocycles. The van der Waals surface area contributed by atoms with Gasteiger partial charge in [-0.15, -0.1) is 0 Å². The SMILES string of the molecule is CC.CN1CCN(S(C)=O)CC1. The van der Waals surface area contributed by atoms with Gasteiger partial charge < -0.3 is 4.90 Å². The number of nitrogens with zero attached hydrogens (tertiary/aromatic N) is 2. The summed E-state index contributed by atoms with van der Waals surface area (Å²) in [6.07, 6.45) is 1.74. The first-order chi connectivity index (χ1) is 5.70. The maximum atomic E-state index is 10.9. The Hall–Kier alpha value is 0.0700. The zero-order valence-corrected chi connectivity index (χ0v) is 9.36. The minimum atomic E-state index is -0.760. The molecule has 1 fully saturated rings. The molecule has 1 aliphatic heterocycles. The summed E-state index contributed by atoms with van der Waals surface area (Å²) in [6.45, 7) is 7.97. The summed E-state index contributed by atoms with van der Waals surface area (Å²) < 4.78 is 12.9. The van der Waals surface area contributed by atoms with E-state index in [0.29, 0.717) is 0 Å². The van der Waals surface area contributed by atoms with Crippen LogP contribution in [0.5, 0.6) is 0 Å². The molecule has 1 atom stereocenters. The molecule has 0 saturated carbocycles. The molecule has 0 bridgehead atoms. The molecule has 0 radical (unpaired) electrons. The topological polar surface area (TPSA) is 23.6 Å². The van der Waals surface area contributed by atoms with E-state index in [9.17, 15) is 4.21 Å². The van der Waals surface area contributed by atoms with E-state index < -0.39 is 11.0 Å². The molecule has 1 unspecified atom stereocenters. The number of likely N-dealkylation sites (N-methyl/N-ethyl adjacent to an activating group) is 1. The van der Waals surface area contributed by atoms with E-state index in [2.05, 4.69) is 11.9 Å². The smallest absolute Gasteiger partial charge is 0.0911 e. The van der Waals surface area contributed by atoms with Gasteiger partial charge in [-0.2, -0.15) is 0 Å². The van der Waals surface area contributed by atoms with Crippen molar-refractivity contribution in [2.75, 3.05) is 39.5 Å². The molecule has 0 spiro atoms. The van der Waals surface area contributed by atoms with Crippen LogP contribution in [-0.2, 0) is 11.0 Å². The number of hydrogen-bond acceptors (Lipinski definition) is 2. The van der Waals surface area contributed by atoms with Crippen molar-refractivity contribution in [1.82, 2.24) is 9.21 Å². The highest BCUT2D eigenvalue weighted by molar-refractivity contribution is 7.81. The van der Waals surface area contributed by atoms with Gasteiger partial charge in [-0.3, -0.25) is 0 Å². The molecular weight excluding hydrogens is 172 g/mol. The fourth-order valence-electron chi connectivity index (χ4n) is 1.05. The van der Waals surface area contributed by atoms with E-state index >= 15 is 0 Å². The normalized spacial score (nSPS) is 22.7. The van der Waals surface area contributed by atoms with Crippen LogP contribution in [0.2, 0.25) is 0 Å². The van der Waals surface area contributed by atoms with Gasteiger partial charge in [0.25, 0.3) is 0 Å². The van der Waals surface area contributed by atoms with Crippen molar-refractivity contribution in [2.24, 2.45) is 0 Å². The van der Waals surface area contributed by atoms with Crippen LogP contribution >= 0.6 is 0 Å². The molecule has 1 rings (SSSR count). The van der Waals surface area contributed by atoms with Gasteiger partial charge in [0.1, 0.15) is 0 Å². The lowest BCUT2D eigenvalue weighted by atomic mass is 10.4. The van der Waals surface area contributed by atoms with Crippen LogP contribution in [0.15, 0.2) is 0 Å². The quantitative estimate of drug-likeness (QED) is 0.606. The van der Waals surface area contributed by atoms with Gasteiger partial charge in [0.2, 0.25) is 0 Å². The lowest BCUT2D eigenvalue weighted by Crippen LogP contribution is -2.44. The van der Waals surface area contributed by atoms with E-state index in [1.807, 2.05) is 18.2 Å². The third kappa shape index (κ3) is 4.18.